The van der Waals surface area contributed by atoms with E-state index >= 15 is 0 Å². The van der Waals surface area contributed by atoms with Crippen LogP contribution in [0.1, 0.15) is 31.8 Å². The summed E-state index contributed by atoms with van der Waals surface area (Å²) in [5, 5.41) is 0. The van der Waals surface area contributed by atoms with Gasteiger partial charge < -0.3 is 29.7 Å². The molecule has 62 heavy (non-hydrogen) atoms. The molecule has 0 aromatic heterocycles. The highest BCUT2D eigenvalue weighted by atomic mass is 19.1. The van der Waals surface area contributed by atoms with Crippen LogP contribution >= 0.6 is 0 Å². The van der Waals surface area contributed by atoms with Gasteiger partial charge in [-0.05, 0) is 59.7 Å². The van der Waals surface area contributed by atoms with E-state index in [2.05, 4.69) is 9.80 Å². The highest BCUT2D eigenvalue weighted by Gasteiger charge is 2.34. The van der Waals surface area contributed by atoms with Gasteiger partial charge in [-0.2, -0.15) is 0 Å². The van der Waals surface area contributed by atoms with Crippen LogP contribution in [0.3, 0.4) is 0 Å². The first-order valence-corrected chi connectivity index (χ1v) is 20.9. The second-order valence-corrected chi connectivity index (χ2v) is 15.6. The fraction of sp³-hybridized carbons (Fsp3) is 0.391. The van der Waals surface area contributed by atoms with Crippen LogP contribution in [-0.4, -0.2) is 148 Å². The molecule has 4 saturated heterocycles. The van der Waals surface area contributed by atoms with Crippen LogP contribution in [0.5, 0.6) is 0 Å². The van der Waals surface area contributed by atoms with Gasteiger partial charge in [0.15, 0.2) is 5.78 Å². The zero-order chi connectivity index (χ0) is 43.6. The number of halogens is 2. The van der Waals surface area contributed by atoms with Crippen molar-refractivity contribution in [2.45, 2.75) is 25.2 Å². The van der Waals surface area contributed by atoms with E-state index in [0.29, 0.717) is 60.8 Å². The molecule has 0 radical (unpaired) electrons. The van der Waals surface area contributed by atoms with Crippen molar-refractivity contribution in [3.8, 4) is 0 Å². The summed E-state index contributed by atoms with van der Waals surface area (Å²) >= 11 is 0. The Morgan fingerprint density at radius 1 is 0.613 bits per heavy atom. The molecule has 2 N–H and O–H groups in total. The number of anilines is 2. The molecule has 328 valence electrons. The van der Waals surface area contributed by atoms with Crippen LogP contribution < -0.4 is 15.5 Å². The molecule has 4 heterocycles. The van der Waals surface area contributed by atoms with Gasteiger partial charge >= 0.3 is 18.0 Å². The lowest BCUT2D eigenvalue weighted by Crippen LogP contribution is -2.59. The predicted octanol–water partition coefficient (Wildman–Crippen LogP) is 4.87. The van der Waals surface area contributed by atoms with Gasteiger partial charge in [-0.1, -0.05) is 48.5 Å². The molecular formula is C46H53F2N7O7. The smallest absolute Gasteiger partial charge is 0.337 e. The Balaban J connectivity index is 0.000000186. The summed E-state index contributed by atoms with van der Waals surface area (Å²) in [7, 11) is 1.33. The Morgan fingerprint density at radius 3 is 1.35 bits per heavy atom. The highest BCUT2D eigenvalue weighted by Crippen LogP contribution is 2.25. The van der Waals surface area contributed by atoms with Gasteiger partial charge in [0, 0.05) is 69.3 Å². The summed E-state index contributed by atoms with van der Waals surface area (Å²) in [4.78, 5) is 61.8. The Labute approximate surface area is 360 Å². The lowest BCUT2D eigenvalue weighted by molar-refractivity contribution is -0.0738. The van der Waals surface area contributed by atoms with E-state index in [1.165, 1.54) is 31.4 Å². The third-order valence-electron chi connectivity index (χ3n) is 11.7. The first-order valence-electron chi connectivity index (χ1n) is 20.9. The van der Waals surface area contributed by atoms with Gasteiger partial charge in [0.2, 0.25) is 0 Å². The number of nitrogens with two attached hydrogens (primary N) is 1. The van der Waals surface area contributed by atoms with Crippen LogP contribution in [0.4, 0.5) is 29.7 Å². The average Bonchev–Trinajstić information content (AvgIpc) is 3.26. The van der Waals surface area contributed by atoms with Crippen molar-refractivity contribution in [2.75, 3.05) is 102 Å². The quantitative estimate of drug-likeness (QED) is 0.164. The lowest BCUT2D eigenvalue weighted by Gasteiger charge is -2.43. The number of carbonyl (C=O) groups excluding carboxylic acids is 4. The number of benzene rings is 4. The lowest BCUT2D eigenvalue weighted by atomic mass is 10.1. The third kappa shape index (κ3) is 11.0. The van der Waals surface area contributed by atoms with Crippen molar-refractivity contribution >= 4 is 35.2 Å². The molecule has 8 rings (SSSR count). The Hall–Kier alpha value is -5.78. The number of hydrogen-bond acceptors (Lipinski definition) is 10. The minimum atomic E-state index is -0.417. The zero-order valence-corrected chi connectivity index (χ0v) is 34.9. The average molecular weight is 854 g/mol. The molecule has 0 atom stereocenters. The van der Waals surface area contributed by atoms with Gasteiger partial charge in [-0.3, -0.25) is 24.4 Å². The Kier molecular flexibility index (Phi) is 14.9. The number of esters is 1. The van der Waals surface area contributed by atoms with Crippen molar-refractivity contribution in [3.63, 3.8) is 0 Å². The van der Waals surface area contributed by atoms with Crippen LogP contribution in [0.25, 0.3) is 0 Å². The summed E-state index contributed by atoms with van der Waals surface area (Å²) in [6.07, 6.45) is 0. The number of urea groups is 2. The van der Waals surface area contributed by atoms with Gasteiger partial charge in [0.05, 0.1) is 70.8 Å². The van der Waals surface area contributed by atoms with Crippen LogP contribution in [0.15, 0.2) is 97.1 Å². The maximum Gasteiger partial charge on any atom is 0.337 e. The van der Waals surface area contributed by atoms with Crippen LogP contribution in [0.2, 0.25) is 0 Å². The number of ether oxygens (including phenoxy) is 3. The van der Waals surface area contributed by atoms with E-state index in [-0.39, 0.29) is 37.5 Å². The maximum atomic E-state index is 13.9. The van der Waals surface area contributed by atoms with E-state index in [4.69, 9.17) is 19.9 Å². The molecule has 4 aromatic carbocycles. The minimum Gasteiger partial charge on any atom is -0.465 e. The monoisotopic (exact) mass is 853 g/mol. The number of carbonyl (C=O) groups is 4. The Morgan fingerprint density at radius 2 is 1.02 bits per heavy atom. The van der Waals surface area contributed by atoms with Crippen LogP contribution in [-0.2, 0) is 27.3 Å². The number of amides is 4. The number of rotatable bonds is 11. The molecule has 14 nitrogen and oxygen atoms in total. The van der Waals surface area contributed by atoms with E-state index in [1.54, 1.807) is 82.6 Å². The predicted molar refractivity (Wildman–Crippen MR) is 229 cm³/mol. The van der Waals surface area contributed by atoms with Crippen molar-refractivity contribution in [1.82, 2.24) is 19.6 Å². The fourth-order valence-corrected chi connectivity index (χ4v) is 7.74. The molecule has 16 heteroatoms. The topological polar surface area (TPSA) is 141 Å². The first-order chi connectivity index (χ1) is 30.1. The molecule has 0 unspecified atom stereocenters. The second-order valence-electron chi connectivity index (χ2n) is 15.6. The molecule has 4 amide bonds. The van der Waals surface area contributed by atoms with Crippen molar-refractivity contribution in [3.05, 3.63) is 131 Å². The molecule has 0 saturated carbocycles. The number of hydrogen-bond donors (Lipinski definition) is 1. The molecule has 4 aliphatic rings. The van der Waals surface area contributed by atoms with Gasteiger partial charge in [-0.25, -0.2) is 23.2 Å². The number of Topliss-reactive ketones (excluding diaryl/α,β-unsaturated/α-hetero) is 1. The molecule has 0 spiro atoms. The standard InChI is InChI=1S/C23H27FN4O3.C23H26FN3O4/c24-19-2-1-3-20(12-19)28(14-17-4-6-18(7-5-17)22(29)13-25)23(30)27-10-8-26(9-11-27)21-15-31-16-21;1-30-22(28)18-7-5-17(6-8-18)14-27(20-4-2-3-19(24)13-20)23(29)26-11-9-25(10-12-26)21-15-31-16-21/h1-7,12,21H,8-11,13-16,25H2;2-8,13,21H,9-12,14-16H2,1H3. The molecule has 0 bridgehead atoms. The normalized spacial score (nSPS) is 17.2. The van der Waals surface area contributed by atoms with Crippen LogP contribution in [0, 0.1) is 11.6 Å². The third-order valence-corrected chi connectivity index (χ3v) is 11.7. The molecule has 4 aromatic rings. The van der Waals surface area contributed by atoms with E-state index in [0.717, 1.165) is 63.7 Å². The maximum absolute atomic E-state index is 13.9. The molecule has 4 fully saturated rings. The first kappa shape index (κ1) is 44.3. The summed E-state index contributed by atoms with van der Waals surface area (Å²) in [5.74, 6) is -1.35. The SMILES string of the molecule is COC(=O)c1ccc(CN(C(=O)N2CCN(C3COC3)CC2)c2cccc(F)c2)cc1.NCC(=O)c1ccc(CN(C(=O)N2CCN(C3COC3)CC2)c2cccc(F)c2)cc1. The van der Waals surface area contributed by atoms with E-state index in [9.17, 15) is 28.0 Å². The summed E-state index contributed by atoms with van der Waals surface area (Å²) < 4.78 is 43.1. The van der Waals surface area contributed by atoms with Crippen molar-refractivity contribution in [1.29, 1.82) is 0 Å². The number of methoxy groups -OCH3 is 1. The molecular weight excluding hydrogens is 801 g/mol. The number of nitrogens with zero attached hydrogens (tertiary/aromatic N) is 6. The largest absolute Gasteiger partial charge is 0.465 e. The van der Waals surface area contributed by atoms with Gasteiger partial charge in [0.25, 0.3) is 0 Å². The summed E-state index contributed by atoms with van der Waals surface area (Å²) in [6.45, 7) is 9.16. The fourth-order valence-electron chi connectivity index (χ4n) is 7.74. The molecule has 0 aliphatic carbocycles. The molecule has 4 aliphatic heterocycles. The highest BCUT2D eigenvalue weighted by molar-refractivity contribution is 5.97. The summed E-state index contributed by atoms with van der Waals surface area (Å²) in [5.41, 5.74) is 9.06. The van der Waals surface area contributed by atoms with E-state index in [1.807, 2.05) is 9.80 Å². The minimum absolute atomic E-state index is 0.0494. The Bertz CT molecular complexity index is 2000. The van der Waals surface area contributed by atoms with Gasteiger partial charge in [0.1, 0.15) is 11.6 Å². The van der Waals surface area contributed by atoms with Gasteiger partial charge in [-0.15, -0.1) is 0 Å². The van der Waals surface area contributed by atoms with Crippen molar-refractivity contribution in [2.24, 2.45) is 5.73 Å². The number of ketones is 1. The summed E-state index contributed by atoms with van der Waals surface area (Å²) in [6, 6.07) is 26.6. The van der Waals surface area contributed by atoms with Crippen molar-refractivity contribution < 1.29 is 42.2 Å². The number of piperazine rings is 2. The van der Waals surface area contributed by atoms with E-state index < -0.39 is 17.6 Å². The second kappa shape index (κ2) is 20.9. The zero-order valence-electron chi connectivity index (χ0n) is 34.9.